The van der Waals surface area contributed by atoms with Crippen molar-refractivity contribution in [1.29, 1.82) is 0 Å². The Labute approximate surface area is 477 Å². The van der Waals surface area contributed by atoms with Crippen LogP contribution in [0.15, 0.2) is 0 Å². The van der Waals surface area contributed by atoms with Gasteiger partial charge in [0.2, 0.25) is 0 Å². The average molecular weight is 1100 g/mol. The maximum Gasteiger partial charge on any atom is 0.405 e. The van der Waals surface area contributed by atoms with E-state index in [2.05, 4.69) is 77.4 Å². The van der Waals surface area contributed by atoms with Crippen LogP contribution < -0.4 is 5.09 Å². The van der Waals surface area contributed by atoms with Gasteiger partial charge in [-0.15, -0.1) is 0 Å². The molecule has 0 aromatic rings. The van der Waals surface area contributed by atoms with Gasteiger partial charge in [-0.3, -0.25) is 9.05 Å². The SMILES string of the molecule is CCCCCCCCCCCCSC(CCCCCCCC)CCCCCCCCCOP(=O)(NCC[N+](C)(C)C)OCCCCCCCCCC(CCCCCCCC)SCCCCCCCCCCCC.[CH3-]. The van der Waals surface area contributed by atoms with Gasteiger partial charge in [-0.05, 0) is 62.9 Å². The average Bonchev–Trinajstić information content (AvgIpc) is 3.37. The van der Waals surface area contributed by atoms with Gasteiger partial charge in [0.15, 0.2) is 0 Å². The number of rotatable bonds is 64. The highest BCUT2D eigenvalue weighted by Gasteiger charge is 2.25. The summed E-state index contributed by atoms with van der Waals surface area (Å²) in [5, 5.41) is 4.98. The molecule has 2 atom stereocenters. The molecule has 74 heavy (non-hydrogen) atoms. The maximum absolute atomic E-state index is 13.9. The van der Waals surface area contributed by atoms with E-state index in [0.717, 1.165) is 47.2 Å². The largest absolute Gasteiger partial charge is 0.405 e. The van der Waals surface area contributed by atoms with Crippen LogP contribution in [-0.4, -0.2) is 73.9 Å². The Morgan fingerprint density at radius 3 is 0.838 bits per heavy atom. The van der Waals surface area contributed by atoms with Crippen molar-refractivity contribution in [3.05, 3.63) is 7.43 Å². The summed E-state index contributed by atoms with van der Waals surface area (Å²) >= 11 is 4.64. The van der Waals surface area contributed by atoms with E-state index < -0.39 is 7.75 Å². The third-order valence-corrected chi connectivity index (χ3v) is 20.0. The van der Waals surface area contributed by atoms with E-state index in [1.807, 2.05) is 0 Å². The number of hydrogen-bond donors (Lipinski definition) is 1. The van der Waals surface area contributed by atoms with E-state index >= 15 is 0 Å². The van der Waals surface area contributed by atoms with Crippen LogP contribution in [0, 0.1) is 7.43 Å². The highest BCUT2D eigenvalue weighted by molar-refractivity contribution is 8.00. The lowest BCUT2D eigenvalue weighted by Crippen LogP contribution is -2.40. The third kappa shape index (κ3) is 60.4. The number of likely N-dealkylation sites (N-methyl/N-ethyl adjacent to an activating group) is 1. The van der Waals surface area contributed by atoms with Crippen LogP contribution in [0.1, 0.15) is 349 Å². The molecule has 0 rings (SSSR count). The van der Waals surface area contributed by atoms with Crippen LogP contribution in [0.25, 0.3) is 0 Å². The zero-order chi connectivity index (χ0) is 53.3. The van der Waals surface area contributed by atoms with Gasteiger partial charge >= 0.3 is 7.75 Å². The number of hydrogen-bond acceptors (Lipinski definition) is 5. The second-order valence-corrected chi connectivity index (χ2v) is 28.7. The zero-order valence-electron chi connectivity index (χ0n) is 52.2. The molecule has 0 fully saturated rings. The lowest BCUT2D eigenvalue weighted by Gasteiger charge is -2.25. The lowest BCUT2D eigenvalue weighted by molar-refractivity contribution is -0.869. The first-order valence-electron chi connectivity index (χ1n) is 33.4. The lowest BCUT2D eigenvalue weighted by atomic mass is 10.0. The molecule has 0 aromatic heterocycles. The molecule has 0 bridgehead atoms. The molecule has 0 aliphatic heterocycles. The number of unbranched alkanes of at least 4 members (excludes halogenated alkanes) is 40. The third-order valence-electron chi connectivity index (χ3n) is 15.4. The molecule has 0 radical (unpaired) electrons. The predicted molar refractivity (Wildman–Crippen MR) is 343 cm³/mol. The number of nitrogens with one attached hydrogen (secondary N) is 1. The van der Waals surface area contributed by atoms with Crippen molar-refractivity contribution >= 4 is 31.3 Å². The topological polar surface area (TPSA) is 47.6 Å². The highest BCUT2D eigenvalue weighted by atomic mass is 32.2. The molecular formula is C66H139N2O3PS2. The Morgan fingerprint density at radius 2 is 0.581 bits per heavy atom. The van der Waals surface area contributed by atoms with E-state index in [1.165, 1.54) is 307 Å². The Morgan fingerprint density at radius 1 is 0.351 bits per heavy atom. The summed E-state index contributed by atoms with van der Waals surface area (Å²) in [6.45, 7) is 11.8. The van der Waals surface area contributed by atoms with Gasteiger partial charge in [0, 0.05) is 10.5 Å². The molecule has 0 saturated heterocycles. The monoisotopic (exact) mass is 1100 g/mol. The van der Waals surface area contributed by atoms with Gasteiger partial charge in [-0.2, -0.15) is 23.5 Å². The summed E-state index contributed by atoms with van der Waals surface area (Å²) in [6.07, 6.45) is 68.9. The number of nitrogens with zero attached hydrogens (tertiary/aromatic N) is 1. The summed E-state index contributed by atoms with van der Waals surface area (Å²) in [4.78, 5) is 0. The molecular weight excluding hydrogens is 964 g/mol. The van der Waals surface area contributed by atoms with E-state index in [4.69, 9.17) is 9.05 Å². The van der Waals surface area contributed by atoms with Gasteiger partial charge in [0.05, 0.1) is 47.4 Å². The minimum Gasteiger partial charge on any atom is -0.358 e. The minimum atomic E-state index is -3.30. The fourth-order valence-corrected chi connectivity index (χ4v) is 14.5. The molecule has 0 aliphatic rings. The molecule has 0 saturated carbocycles. The minimum absolute atomic E-state index is 0. The summed E-state index contributed by atoms with van der Waals surface area (Å²) in [6, 6.07) is 0. The van der Waals surface area contributed by atoms with Gasteiger partial charge in [0.25, 0.3) is 0 Å². The fourth-order valence-electron chi connectivity index (χ4n) is 10.3. The smallest absolute Gasteiger partial charge is 0.358 e. The Balaban J connectivity index is 0. The first kappa shape index (κ1) is 76.8. The van der Waals surface area contributed by atoms with Gasteiger partial charge in [-0.1, -0.05) is 297 Å². The molecule has 5 nitrogen and oxygen atoms in total. The second kappa shape index (κ2) is 61.4. The van der Waals surface area contributed by atoms with Crippen LogP contribution in [-0.2, 0) is 13.6 Å². The van der Waals surface area contributed by atoms with E-state index in [1.54, 1.807) is 0 Å². The van der Waals surface area contributed by atoms with Gasteiger partial charge in [-0.25, -0.2) is 9.65 Å². The summed E-state index contributed by atoms with van der Waals surface area (Å²) in [7, 11) is 3.22. The molecule has 0 aliphatic carbocycles. The standard InChI is InChI=1S/C65H136N2O3PS2.CH3/c1-8-12-16-20-24-26-28-36-44-52-62-72-64(54-46-38-22-18-14-10-3)56-48-40-32-30-34-42-50-60-69-71(68,66-58-59-67(5,6)7)70-61-51-43-35-31-33-41-49-57-65(55-47-39-23-19-15-11-4)73-63-53-45-37-29-27-25-21-17-13-9-2;/h64-65H,8-63H2,1-7H3,(H,66,68);1H3/q+1;-1. The second-order valence-electron chi connectivity index (χ2n) is 24.1. The molecule has 0 aromatic carbocycles. The fraction of sp³-hybridized carbons (Fsp3) is 0.985. The first-order chi connectivity index (χ1) is 35.7. The van der Waals surface area contributed by atoms with Crippen molar-refractivity contribution in [2.45, 2.75) is 359 Å². The Hall–Kier alpha value is 0.770. The summed E-state index contributed by atoms with van der Waals surface area (Å²) in [5.41, 5.74) is 0. The molecule has 2 unspecified atom stereocenters. The predicted octanol–water partition coefficient (Wildman–Crippen LogP) is 23.7. The Bertz CT molecular complexity index is 1020. The summed E-state index contributed by atoms with van der Waals surface area (Å²) in [5.74, 6) is 2.75. The van der Waals surface area contributed by atoms with Crippen LogP contribution in [0.5, 0.6) is 0 Å². The summed E-state index contributed by atoms with van der Waals surface area (Å²) < 4.78 is 26.8. The first-order valence-corrected chi connectivity index (χ1v) is 37.0. The van der Waals surface area contributed by atoms with Crippen molar-refractivity contribution in [2.24, 2.45) is 0 Å². The van der Waals surface area contributed by atoms with Gasteiger partial charge in [0.1, 0.15) is 0 Å². The van der Waals surface area contributed by atoms with Crippen molar-refractivity contribution in [3.8, 4) is 0 Å². The number of thioether (sulfide) groups is 2. The molecule has 0 spiro atoms. The van der Waals surface area contributed by atoms with Crippen molar-refractivity contribution in [3.63, 3.8) is 0 Å². The quantitative estimate of drug-likeness (QED) is 0.0283. The van der Waals surface area contributed by atoms with Crippen molar-refractivity contribution < 1.29 is 18.1 Å². The molecule has 1 N–H and O–H groups in total. The Kier molecular flexibility index (Phi) is 63.7. The van der Waals surface area contributed by atoms with Crippen LogP contribution in [0.3, 0.4) is 0 Å². The van der Waals surface area contributed by atoms with Crippen LogP contribution in [0.2, 0.25) is 0 Å². The maximum atomic E-state index is 13.9. The molecule has 8 heteroatoms. The van der Waals surface area contributed by atoms with Gasteiger partial charge < -0.3 is 11.9 Å². The normalized spacial score (nSPS) is 13.6. The van der Waals surface area contributed by atoms with E-state index in [-0.39, 0.29) is 7.43 Å². The molecule has 0 amide bonds. The van der Waals surface area contributed by atoms with Crippen molar-refractivity contribution in [1.82, 2.24) is 5.09 Å². The van der Waals surface area contributed by atoms with Crippen LogP contribution >= 0.6 is 31.3 Å². The number of quaternary nitrogens is 1. The highest BCUT2D eigenvalue weighted by Crippen LogP contribution is 2.44. The molecule has 0 heterocycles. The zero-order valence-corrected chi connectivity index (χ0v) is 54.7. The molecule has 448 valence electrons. The van der Waals surface area contributed by atoms with E-state index in [9.17, 15) is 4.57 Å². The van der Waals surface area contributed by atoms with Crippen molar-refractivity contribution in [2.75, 3.05) is 59.0 Å². The van der Waals surface area contributed by atoms with Crippen LogP contribution in [0.4, 0.5) is 0 Å². The van der Waals surface area contributed by atoms with E-state index in [0.29, 0.717) is 19.8 Å².